The highest BCUT2D eigenvalue weighted by Gasteiger charge is 2.41. The lowest BCUT2D eigenvalue weighted by atomic mass is 10.9. The quantitative estimate of drug-likeness (QED) is 0.336. The van der Waals surface area contributed by atoms with Crippen molar-refractivity contribution in [2.75, 3.05) is 0 Å². The molecule has 0 N–H and O–H groups in total. The molecule has 0 saturated heterocycles. The summed E-state index contributed by atoms with van der Waals surface area (Å²) < 4.78 is -1.54. The van der Waals surface area contributed by atoms with Gasteiger partial charge < -0.3 is 0 Å². The van der Waals surface area contributed by atoms with Gasteiger partial charge in [-0.3, -0.25) is 0 Å². The van der Waals surface area contributed by atoms with Crippen molar-refractivity contribution in [3.63, 3.8) is 0 Å². The minimum atomic E-state index is -1.19. The summed E-state index contributed by atoms with van der Waals surface area (Å²) in [5.41, 5.74) is 0. The monoisotopic (exact) mass is 510 g/mol. The van der Waals surface area contributed by atoms with E-state index in [1.54, 1.807) is 0 Å². The summed E-state index contributed by atoms with van der Waals surface area (Å²) in [5, 5.41) is 0. The fourth-order valence-corrected chi connectivity index (χ4v) is 0. The van der Waals surface area contributed by atoms with E-state index >= 15 is 0 Å². The Balaban J connectivity index is 4.02. The van der Waals surface area contributed by atoms with Crippen LogP contribution in [-0.4, -0.2) is 3.23 Å². The molecule has 0 bridgehead atoms. The molecule has 0 nitrogen and oxygen atoms in total. The average Bonchev–Trinajstić information content (AvgIpc) is 1.25. The van der Waals surface area contributed by atoms with E-state index in [4.69, 9.17) is 34.8 Å². The van der Waals surface area contributed by atoms with Crippen LogP contribution in [-0.2, 0) is 0 Å². The Hall–Kier alpha value is 3.06. The van der Waals surface area contributed by atoms with Gasteiger partial charge in [0.2, 0.25) is 3.79 Å². The molecule has 8 heavy (non-hydrogen) atoms. The van der Waals surface area contributed by atoms with E-state index in [2.05, 4.69) is 67.8 Å². The van der Waals surface area contributed by atoms with E-state index in [1.807, 2.05) is 0 Å². The maximum absolute atomic E-state index is 5.52. The highest BCUT2D eigenvalue weighted by molar-refractivity contribution is 14.3. The van der Waals surface area contributed by atoms with E-state index in [1.165, 1.54) is 0 Å². The summed E-state index contributed by atoms with van der Waals surface area (Å²) in [6.45, 7) is 0. The van der Waals surface area contributed by atoms with E-state index < -0.39 is 3.79 Å². The molecule has 0 heterocycles. The van der Waals surface area contributed by atoms with Crippen LogP contribution in [0.5, 0.6) is 0 Å². The zero-order chi connectivity index (χ0) is 7.00. The predicted octanol–water partition coefficient (Wildman–Crippen LogP) is 4.32. The van der Waals surface area contributed by atoms with Gasteiger partial charge in [0.05, 0.1) is 0 Å². The van der Waals surface area contributed by atoms with Gasteiger partial charge in [-0.15, -0.1) is 0 Å². The first-order chi connectivity index (χ1) is 3.25. The average molecular weight is 511 g/mol. The van der Waals surface area contributed by atoms with Crippen molar-refractivity contribution >= 4 is 103 Å². The predicted molar refractivity (Wildman–Crippen MR) is 65.1 cm³/mol. The minimum absolute atomic E-state index is 0.356. The lowest BCUT2D eigenvalue weighted by Gasteiger charge is -2.20. The van der Waals surface area contributed by atoms with Crippen molar-refractivity contribution in [2.45, 2.75) is 3.23 Å². The second-order valence-electron chi connectivity index (χ2n) is 0.996. The number of hydrogen-bond donors (Lipinski definition) is 0. The molecule has 0 aromatic rings. The van der Waals surface area contributed by atoms with Gasteiger partial charge in [0.15, 0.2) is -0.565 Å². The molecular formula is C2Cl3I3. The number of halogens is 6. The van der Waals surface area contributed by atoms with Crippen LogP contribution >= 0.6 is 103 Å². The largest absolute Gasteiger partial charge is 0.222 e. The van der Waals surface area contributed by atoms with Crippen molar-refractivity contribution in [1.29, 1.82) is 0 Å². The van der Waals surface area contributed by atoms with E-state index in [0.29, 0.717) is 0 Å². The fraction of sp³-hybridized carbons (Fsp3) is 1.00. The van der Waals surface area contributed by atoms with Gasteiger partial charge >= 0.3 is 0 Å². The van der Waals surface area contributed by atoms with Crippen LogP contribution < -0.4 is 0 Å². The second-order valence-corrected chi connectivity index (χ2v) is 14.3. The lowest BCUT2D eigenvalue weighted by Crippen LogP contribution is -2.21. The van der Waals surface area contributed by atoms with Gasteiger partial charge in [-0.1, -0.05) is 103 Å². The van der Waals surface area contributed by atoms with Crippen LogP contribution in [0.2, 0.25) is 0 Å². The van der Waals surface area contributed by atoms with Crippen molar-refractivity contribution in [1.82, 2.24) is 0 Å². The summed E-state index contributed by atoms with van der Waals surface area (Å²) in [6.07, 6.45) is 0. The molecule has 0 aliphatic rings. The third-order valence-corrected chi connectivity index (χ3v) is 6.47. The Morgan fingerprint density at radius 3 is 1.00 bits per heavy atom. The maximum Gasteiger partial charge on any atom is 0.222 e. The molecule has 0 aromatic heterocycles. The Labute approximate surface area is 104 Å². The fourth-order valence-electron chi connectivity index (χ4n) is 0. The number of rotatable bonds is 0. The first kappa shape index (κ1) is 11.1. The Bertz CT molecular complexity index is 67.5. The van der Waals surface area contributed by atoms with E-state index in [0.717, 1.165) is 0 Å². The molecular weight excluding hydrogens is 511 g/mol. The van der Waals surface area contributed by atoms with Crippen molar-refractivity contribution in [3.05, 3.63) is 0 Å². The Kier molecular flexibility index (Phi) is 5.03. The lowest BCUT2D eigenvalue weighted by molar-refractivity contribution is 1.27. The molecule has 0 unspecified atom stereocenters. The van der Waals surface area contributed by atoms with Gasteiger partial charge in [0, 0.05) is 0 Å². The topological polar surface area (TPSA) is 0 Å². The molecule has 0 aliphatic carbocycles. The third kappa shape index (κ3) is 4.05. The van der Waals surface area contributed by atoms with Gasteiger partial charge in [0.25, 0.3) is 0 Å². The Morgan fingerprint density at radius 2 is 1.00 bits per heavy atom. The highest BCUT2D eigenvalue weighted by atomic mass is 127. The number of hydrogen-bond acceptors (Lipinski definition) is 0. The minimum Gasteiger partial charge on any atom is -0.0803 e. The number of alkyl halides is 6. The van der Waals surface area contributed by atoms with Crippen molar-refractivity contribution < 1.29 is 0 Å². The summed E-state index contributed by atoms with van der Waals surface area (Å²) in [4.78, 5) is 0. The van der Waals surface area contributed by atoms with Crippen LogP contribution in [0.4, 0.5) is 0 Å². The molecule has 6 heteroatoms. The molecule has 0 fully saturated rings. The first-order valence-electron chi connectivity index (χ1n) is 1.38. The molecule has 0 rings (SSSR count). The Morgan fingerprint density at radius 1 is 0.875 bits per heavy atom. The van der Waals surface area contributed by atoms with Gasteiger partial charge in [-0.05, 0) is 0 Å². The van der Waals surface area contributed by atoms with Gasteiger partial charge in [-0.2, -0.15) is 0 Å². The van der Waals surface area contributed by atoms with Gasteiger partial charge in [-0.25, -0.2) is 0 Å². The van der Waals surface area contributed by atoms with E-state index in [9.17, 15) is 0 Å². The molecule has 0 aromatic carbocycles. The molecule has 0 radical (unpaired) electrons. The molecule has 0 saturated carbocycles. The van der Waals surface area contributed by atoms with Crippen LogP contribution in [0.1, 0.15) is 0 Å². The normalized spacial score (nSPS) is 14.2. The van der Waals surface area contributed by atoms with Crippen LogP contribution in [0.25, 0.3) is 0 Å². The van der Waals surface area contributed by atoms with Gasteiger partial charge in [0.1, 0.15) is 0 Å². The third-order valence-electron chi connectivity index (χ3n) is 0.321. The molecule has 0 spiro atoms. The summed E-state index contributed by atoms with van der Waals surface area (Å²) >= 11 is 22.7. The standard InChI is InChI=1S/C2Cl3I3/c3-1(4,5)2(6,7)8. The van der Waals surface area contributed by atoms with Crippen LogP contribution in [0.3, 0.4) is 0 Å². The summed E-state index contributed by atoms with van der Waals surface area (Å²) in [7, 11) is 0. The van der Waals surface area contributed by atoms with Crippen LogP contribution in [0, 0.1) is 0 Å². The molecule has 0 amide bonds. The molecule has 0 aliphatic heterocycles. The zero-order valence-electron chi connectivity index (χ0n) is 3.27. The highest BCUT2D eigenvalue weighted by Crippen LogP contribution is 2.53. The smallest absolute Gasteiger partial charge is 0.0803 e. The maximum atomic E-state index is 5.52. The summed E-state index contributed by atoms with van der Waals surface area (Å²) in [5.74, 6) is 0. The second kappa shape index (κ2) is 3.64. The molecule has 50 valence electrons. The van der Waals surface area contributed by atoms with Crippen molar-refractivity contribution in [2.24, 2.45) is 0 Å². The molecule has 0 atom stereocenters. The van der Waals surface area contributed by atoms with Crippen molar-refractivity contribution in [3.8, 4) is 0 Å². The van der Waals surface area contributed by atoms with E-state index in [-0.39, 0.29) is -0.565 Å². The first-order valence-corrected chi connectivity index (χ1v) is 5.75. The van der Waals surface area contributed by atoms with Crippen LogP contribution in [0.15, 0.2) is 0 Å². The SMILES string of the molecule is ClC(Cl)(Cl)C(I)(I)I. The zero-order valence-corrected chi connectivity index (χ0v) is 12.0. The summed E-state index contributed by atoms with van der Waals surface area (Å²) in [6, 6.07) is 0.